The number of nitrogens with two attached hydrogens (primary N) is 1. The highest BCUT2D eigenvalue weighted by Crippen LogP contribution is 2.19. The summed E-state index contributed by atoms with van der Waals surface area (Å²) in [5.41, 5.74) is 7.07. The van der Waals surface area contributed by atoms with Crippen molar-refractivity contribution in [2.45, 2.75) is 0 Å². The van der Waals surface area contributed by atoms with Crippen LogP contribution in [0.2, 0.25) is 0 Å². The summed E-state index contributed by atoms with van der Waals surface area (Å²) >= 11 is 0. The zero-order valence-electron chi connectivity index (χ0n) is 13.4. The lowest BCUT2D eigenvalue weighted by molar-refractivity contribution is 0.103. The summed E-state index contributed by atoms with van der Waals surface area (Å²) in [7, 11) is 0. The van der Waals surface area contributed by atoms with Crippen LogP contribution in [0.15, 0.2) is 66.7 Å². The molecule has 0 fully saturated rings. The van der Waals surface area contributed by atoms with Crippen molar-refractivity contribution >= 4 is 29.7 Å². The Bertz CT molecular complexity index is 879. The second kappa shape index (κ2) is 7.89. The van der Waals surface area contributed by atoms with Gasteiger partial charge >= 0.3 is 0 Å². The van der Waals surface area contributed by atoms with Gasteiger partial charge in [0.15, 0.2) is 11.6 Å². The first-order valence-corrected chi connectivity index (χ1v) is 7.45. The quantitative estimate of drug-likeness (QED) is 0.543. The molecule has 0 saturated heterocycles. The molecule has 0 radical (unpaired) electrons. The Kier molecular flexibility index (Phi) is 5.85. The van der Waals surface area contributed by atoms with Crippen LogP contribution in [0.3, 0.4) is 0 Å². The van der Waals surface area contributed by atoms with Crippen LogP contribution in [0.1, 0.15) is 31.8 Å². The molecule has 0 heterocycles. The van der Waals surface area contributed by atoms with Gasteiger partial charge in [-0.2, -0.15) is 0 Å². The Labute approximate surface area is 154 Å². The summed E-state index contributed by atoms with van der Waals surface area (Å²) in [4.78, 5) is 25.1. The van der Waals surface area contributed by atoms with E-state index in [2.05, 4.69) is 0 Å². The standard InChI is InChI=1S/C20H13F2NO2.ClH/c21-16-5-1-12(2-6-16)19(24)14-9-15(11-18(23)10-14)20(25)13-3-7-17(22)8-4-13;/h1-11H,23H2;1H. The van der Waals surface area contributed by atoms with E-state index >= 15 is 0 Å². The van der Waals surface area contributed by atoms with Crippen molar-refractivity contribution in [2.24, 2.45) is 0 Å². The average molecular weight is 374 g/mol. The van der Waals surface area contributed by atoms with Crippen LogP contribution >= 0.6 is 12.4 Å². The van der Waals surface area contributed by atoms with Gasteiger partial charge < -0.3 is 5.73 Å². The first kappa shape index (κ1) is 19.3. The Morgan fingerprint density at radius 2 is 0.962 bits per heavy atom. The van der Waals surface area contributed by atoms with Crippen molar-refractivity contribution in [3.63, 3.8) is 0 Å². The van der Waals surface area contributed by atoms with E-state index in [0.29, 0.717) is 0 Å². The molecule has 26 heavy (non-hydrogen) atoms. The highest BCUT2D eigenvalue weighted by molar-refractivity contribution is 6.13. The second-order valence-corrected chi connectivity index (χ2v) is 5.52. The Morgan fingerprint density at radius 3 is 1.31 bits per heavy atom. The fourth-order valence-electron chi connectivity index (χ4n) is 2.45. The molecule has 0 amide bonds. The third kappa shape index (κ3) is 4.13. The highest BCUT2D eigenvalue weighted by atomic mass is 35.5. The fraction of sp³-hybridized carbons (Fsp3) is 0. The van der Waals surface area contributed by atoms with Gasteiger partial charge in [0.1, 0.15) is 11.6 Å². The maximum Gasteiger partial charge on any atom is 0.193 e. The molecule has 2 N–H and O–H groups in total. The minimum Gasteiger partial charge on any atom is -0.399 e. The third-order valence-corrected chi connectivity index (χ3v) is 3.69. The molecule has 0 aliphatic carbocycles. The predicted molar refractivity (Wildman–Crippen MR) is 97.8 cm³/mol. The van der Waals surface area contributed by atoms with Crippen LogP contribution in [0.25, 0.3) is 0 Å². The molecule has 0 unspecified atom stereocenters. The van der Waals surface area contributed by atoms with Crippen LogP contribution in [0.4, 0.5) is 14.5 Å². The molecule has 0 aromatic heterocycles. The Morgan fingerprint density at radius 1 is 0.615 bits per heavy atom. The molecule has 0 atom stereocenters. The molecule has 0 bridgehead atoms. The number of benzene rings is 3. The number of hydrogen-bond acceptors (Lipinski definition) is 3. The summed E-state index contributed by atoms with van der Waals surface area (Å²) < 4.78 is 26.0. The zero-order valence-corrected chi connectivity index (χ0v) is 14.2. The predicted octanol–water partition coefficient (Wildman–Crippen LogP) is 4.43. The van der Waals surface area contributed by atoms with E-state index in [1.54, 1.807) is 0 Å². The number of anilines is 1. The molecule has 0 aliphatic heterocycles. The van der Waals surface area contributed by atoms with Gasteiger partial charge in [-0.05, 0) is 66.7 Å². The molecule has 3 aromatic rings. The van der Waals surface area contributed by atoms with Crippen LogP contribution in [-0.2, 0) is 0 Å². The van der Waals surface area contributed by atoms with Crippen molar-refractivity contribution in [1.29, 1.82) is 0 Å². The first-order chi connectivity index (χ1) is 11.9. The smallest absolute Gasteiger partial charge is 0.193 e. The van der Waals surface area contributed by atoms with Gasteiger partial charge in [0.2, 0.25) is 0 Å². The molecular weight excluding hydrogens is 360 g/mol. The average Bonchev–Trinajstić information content (AvgIpc) is 2.61. The van der Waals surface area contributed by atoms with Gasteiger partial charge in [-0.1, -0.05) is 0 Å². The minimum atomic E-state index is -0.448. The molecule has 3 aromatic carbocycles. The summed E-state index contributed by atoms with van der Waals surface area (Å²) in [6.07, 6.45) is 0. The van der Waals surface area contributed by atoms with Gasteiger partial charge in [-0.3, -0.25) is 9.59 Å². The summed E-state index contributed by atoms with van der Waals surface area (Å²) in [5.74, 6) is -1.64. The molecule has 0 spiro atoms. The SMILES string of the molecule is Cl.Nc1cc(C(=O)c2ccc(F)cc2)cc(C(=O)c2ccc(F)cc2)c1. The van der Waals surface area contributed by atoms with Crippen molar-refractivity contribution in [2.75, 3.05) is 5.73 Å². The van der Waals surface area contributed by atoms with Crippen LogP contribution < -0.4 is 5.73 Å². The molecule has 0 saturated carbocycles. The fourth-order valence-corrected chi connectivity index (χ4v) is 2.45. The summed E-state index contributed by atoms with van der Waals surface area (Å²) in [6.45, 7) is 0. The number of carbonyl (C=O) groups is 2. The van der Waals surface area contributed by atoms with Crippen molar-refractivity contribution in [3.8, 4) is 0 Å². The van der Waals surface area contributed by atoms with Crippen molar-refractivity contribution in [1.82, 2.24) is 0 Å². The number of rotatable bonds is 4. The highest BCUT2D eigenvalue weighted by Gasteiger charge is 2.15. The Balaban J connectivity index is 0.00000243. The van der Waals surface area contributed by atoms with E-state index in [1.807, 2.05) is 0 Å². The maximum atomic E-state index is 13.0. The molecular formula is C20H14ClF2NO2. The van der Waals surface area contributed by atoms with E-state index in [-0.39, 0.29) is 51.9 Å². The normalized spacial score (nSPS) is 10.1. The number of hydrogen-bond donors (Lipinski definition) is 1. The molecule has 132 valence electrons. The van der Waals surface area contributed by atoms with E-state index in [9.17, 15) is 18.4 Å². The molecule has 3 nitrogen and oxygen atoms in total. The minimum absolute atomic E-state index is 0. The molecule has 0 aliphatic rings. The van der Waals surface area contributed by atoms with Crippen molar-refractivity contribution < 1.29 is 18.4 Å². The third-order valence-electron chi connectivity index (χ3n) is 3.69. The van der Waals surface area contributed by atoms with Gasteiger partial charge in [0, 0.05) is 27.9 Å². The van der Waals surface area contributed by atoms with Crippen LogP contribution in [0.5, 0.6) is 0 Å². The van der Waals surface area contributed by atoms with E-state index < -0.39 is 11.6 Å². The van der Waals surface area contributed by atoms with Gasteiger partial charge in [0.25, 0.3) is 0 Å². The van der Waals surface area contributed by atoms with E-state index in [0.717, 1.165) is 0 Å². The van der Waals surface area contributed by atoms with Crippen LogP contribution in [0, 0.1) is 11.6 Å². The Hall–Kier alpha value is -3.05. The van der Waals surface area contributed by atoms with Gasteiger partial charge in [-0.15, -0.1) is 12.4 Å². The van der Waals surface area contributed by atoms with Gasteiger partial charge in [0.05, 0.1) is 0 Å². The van der Waals surface area contributed by atoms with Crippen molar-refractivity contribution in [3.05, 3.63) is 101 Å². The lowest BCUT2D eigenvalue weighted by Gasteiger charge is -2.07. The number of ketones is 2. The monoisotopic (exact) mass is 373 g/mol. The van der Waals surface area contributed by atoms with E-state index in [1.165, 1.54) is 66.7 Å². The summed E-state index contributed by atoms with van der Waals surface area (Å²) in [6, 6.07) is 14.5. The van der Waals surface area contributed by atoms with Gasteiger partial charge in [-0.25, -0.2) is 8.78 Å². The van der Waals surface area contributed by atoms with E-state index in [4.69, 9.17) is 5.73 Å². The number of carbonyl (C=O) groups excluding carboxylic acids is 2. The van der Waals surface area contributed by atoms with Crippen LogP contribution in [-0.4, -0.2) is 11.6 Å². The summed E-state index contributed by atoms with van der Waals surface area (Å²) in [5, 5.41) is 0. The number of nitrogen functional groups attached to an aromatic ring is 1. The lowest BCUT2D eigenvalue weighted by atomic mass is 9.96. The molecule has 3 rings (SSSR count). The second-order valence-electron chi connectivity index (χ2n) is 5.52. The molecule has 6 heteroatoms. The topological polar surface area (TPSA) is 60.2 Å². The maximum absolute atomic E-state index is 13.0. The largest absolute Gasteiger partial charge is 0.399 e. The first-order valence-electron chi connectivity index (χ1n) is 7.45. The number of halogens is 3. The zero-order chi connectivity index (χ0) is 18.0. The lowest BCUT2D eigenvalue weighted by Crippen LogP contribution is -2.07.